The van der Waals surface area contributed by atoms with Crippen LogP contribution in [0.4, 0.5) is 0 Å². The second-order valence-corrected chi connectivity index (χ2v) is 3.47. The van der Waals surface area contributed by atoms with Crippen LogP contribution in [-0.2, 0) is 0 Å². The van der Waals surface area contributed by atoms with E-state index in [0.29, 0.717) is 18.7 Å². The molecule has 0 bridgehead atoms. The Kier molecular flexibility index (Phi) is 3.86. The fraction of sp³-hybridized carbons (Fsp3) is 0.500. The number of hydrogen-bond acceptors (Lipinski definition) is 3. The molecule has 1 rings (SSSR count). The van der Waals surface area contributed by atoms with Crippen LogP contribution >= 0.6 is 0 Å². The van der Waals surface area contributed by atoms with E-state index in [-0.39, 0.29) is 11.9 Å². The molecule has 80 valence electrons. The van der Waals surface area contributed by atoms with Gasteiger partial charge in [-0.3, -0.25) is 9.89 Å². The van der Waals surface area contributed by atoms with Gasteiger partial charge in [-0.15, -0.1) is 0 Å². The molecule has 1 amide bonds. The first kappa shape index (κ1) is 11.2. The second-order valence-electron chi connectivity index (χ2n) is 3.47. The molecule has 15 heavy (non-hydrogen) atoms. The molecule has 0 aliphatic heterocycles. The molecule has 0 atom stereocenters. The van der Waals surface area contributed by atoms with E-state index >= 15 is 0 Å². The summed E-state index contributed by atoms with van der Waals surface area (Å²) in [6.07, 6.45) is 1.88. The van der Waals surface area contributed by atoms with Gasteiger partial charge in [0.05, 0.1) is 12.5 Å². The largest absolute Gasteiger partial charge is 0.334 e. The highest BCUT2D eigenvalue weighted by Crippen LogP contribution is 2.06. The standard InChI is InChI=1S/C10H14N4O/c1-8(2)14(7-3-5-11)10(15)9-4-6-12-13-9/h4,6,8H,3,7H2,1-2H3,(H,12,13). The summed E-state index contributed by atoms with van der Waals surface area (Å²) in [7, 11) is 0. The third kappa shape index (κ3) is 2.81. The number of nitrogens with one attached hydrogen (secondary N) is 1. The van der Waals surface area contributed by atoms with E-state index in [2.05, 4.69) is 10.2 Å². The number of nitrogens with zero attached hydrogens (tertiary/aromatic N) is 3. The van der Waals surface area contributed by atoms with Crippen LogP contribution in [0, 0.1) is 11.3 Å². The van der Waals surface area contributed by atoms with Crippen molar-refractivity contribution in [2.75, 3.05) is 6.54 Å². The molecule has 0 fully saturated rings. The minimum atomic E-state index is -0.113. The van der Waals surface area contributed by atoms with Gasteiger partial charge in [-0.1, -0.05) is 0 Å². The number of amides is 1. The van der Waals surface area contributed by atoms with Crippen molar-refractivity contribution < 1.29 is 4.79 Å². The van der Waals surface area contributed by atoms with Crippen molar-refractivity contribution in [3.05, 3.63) is 18.0 Å². The molecule has 1 N–H and O–H groups in total. The monoisotopic (exact) mass is 206 g/mol. The lowest BCUT2D eigenvalue weighted by molar-refractivity contribution is 0.0704. The minimum absolute atomic E-state index is 0.0779. The summed E-state index contributed by atoms with van der Waals surface area (Å²) in [6, 6.07) is 3.74. The first-order chi connectivity index (χ1) is 7.16. The molecule has 1 aromatic heterocycles. The second kappa shape index (κ2) is 5.15. The molecule has 1 aromatic rings. The summed E-state index contributed by atoms with van der Waals surface area (Å²) in [5, 5.41) is 14.9. The molecule has 0 radical (unpaired) electrons. The average Bonchev–Trinajstić information content (AvgIpc) is 2.70. The van der Waals surface area contributed by atoms with E-state index in [1.54, 1.807) is 11.0 Å². The number of aromatic nitrogens is 2. The maximum atomic E-state index is 11.9. The SMILES string of the molecule is CC(C)N(CCC#N)C(=O)c1ccn[nH]1. The zero-order valence-corrected chi connectivity index (χ0v) is 8.90. The van der Waals surface area contributed by atoms with Gasteiger partial charge in [-0.25, -0.2) is 0 Å². The van der Waals surface area contributed by atoms with Crippen LogP contribution in [0.2, 0.25) is 0 Å². The minimum Gasteiger partial charge on any atom is -0.334 e. The van der Waals surface area contributed by atoms with Crippen molar-refractivity contribution in [2.45, 2.75) is 26.3 Å². The Morgan fingerprint density at radius 1 is 1.73 bits per heavy atom. The molecule has 5 nitrogen and oxygen atoms in total. The van der Waals surface area contributed by atoms with Crippen LogP contribution in [0.1, 0.15) is 30.8 Å². The Morgan fingerprint density at radius 3 is 2.93 bits per heavy atom. The van der Waals surface area contributed by atoms with Gasteiger partial charge in [0.2, 0.25) is 0 Å². The van der Waals surface area contributed by atoms with E-state index in [1.165, 1.54) is 6.20 Å². The van der Waals surface area contributed by atoms with Crippen molar-refractivity contribution in [1.29, 1.82) is 5.26 Å². The van der Waals surface area contributed by atoms with Gasteiger partial charge in [0.15, 0.2) is 0 Å². The summed E-state index contributed by atoms with van der Waals surface area (Å²) >= 11 is 0. The topological polar surface area (TPSA) is 72.8 Å². The quantitative estimate of drug-likeness (QED) is 0.803. The molecule has 5 heteroatoms. The predicted octanol–water partition coefficient (Wildman–Crippen LogP) is 1.17. The first-order valence-electron chi connectivity index (χ1n) is 4.84. The molecular weight excluding hydrogens is 192 g/mol. The molecule has 1 heterocycles. The van der Waals surface area contributed by atoms with Gasteiger partial charge < -0.3 is 4.90 Å². The maximum Gasteiger partial charge on any atom is 0.272 e. The molecule has 0 saturated carbocycles. The number of nitriles is 1. The summed E-state index contributed by atoms with van der Waals surface area (Å²) in [5.41, 5.74) is 0.460. The van der Waals surface area contributed by atoms with E-state index in [1.807, 2.05) is 19.9 Å². The number of rotatable bonds is 4. The highest BCUT2D eigenvalue weighted by atomic mass is 16.2. The molecule has 0 aliphatic carbocycles. The van der Waals surface area contributed by atoms with E-state index in [9.17, 15) is 4.79 Å². The van der Waals surface area contributed by atoms with Gasteiger partial charge in [0.1, 0.15) is 5.69 Å². The molecule has 0 aromatic carbocycles. The van der Waals surface area contributed by atoms with Crippen molar-refractivity contribution in [2.24, 2.45) is 0 Å². The number of aromatic amines is 1. The zero-order valence-electron chi connectivity index (χ0n) is 8.90. The van der Waals surface area contributed by atoms with Crippen molar-refractivity contribution in [3.8, 4) is 6.07 Å². The Hall–Kier alpha value is -1.83. The fourth-order valence-corrected chi connectivity index (χ4v) is 1.29. The lowest BCUT2D eigenvalue weighted by atomic mass is 10.2. The molecule has 0 spiro atoms. The normalized spacial score (nSPS) is 10.0. The highest BCUT2D eigenvalue weighted by molar-refractivity contribution is 5.92. The van der Waals surface area contributed by atoms with Crippen LogP contribution < -0.4 is 0 Å². The van der Waals surface area contributed by atoms with Gasteiger partial charge in [-0.2, -0.15) is 10.4 Å². The van der Waals surface area contributed by atoms with Crippen LogP contribution in [-0.4, -0.2) is 33.6 Å². The average molecular weight is 206 g/mol. The van der Waals surface area contributed by atoms with Crippen LogP contribution in [0.3, 0.4) is 0 Å². The van der Waals surface area contributed by atoms with E-state index < -0.39 is 0 Å². The summed E-state index contributed by atoms with van der Waals surface area (Å²) in [4.78, 5) is 13.5. The van der Waals surface area contributed by atoms with Gasteiger partial charge in [0, 0.05) is 18.8 Å². The third-order valence-electron chi connectivity index (χ3n) is 2.08. The Labute approximate surface area is 88.7 Å². The fourth-order valence-electron chi connectivity index (χ4n) is 1.29. The maximum absolute atomic E-state index is 11.9. The Bertz CT molecular complexity index is 350. The Morgan fingerprint density at radius 2 is 2.47 bits per heavy atom. The van der Waals surface area contributed by atoms with Crippen molar-refractivity contribution >= 4 is 5.91 Å². The number of H-pyrrole nitrogens is 1. The van der Waals surface area contributed by atoms with Gasteiger partial charge in [-0.05, 0) is 19.9 Å². The number of hydrogen-bond donors (Lipinski definition) is 1. The van der Waals surface area contributed by atoms with Crippen LogP contribution in [0.5, 0.6) is 0 Å². The summed E-state index contributed by atoms with van der Waals surface area (Å²) < 4.78 is 0. The number of carbonyl (C=O) groups is 1. The smallest absolute Gasteiger partial charge is 0.272 e. The predicted molar refractivity (Wildman–Crippen MR) is 55.0 cm³/mol. The van der Waals surface area contributed by atoms with Crippen LogP contribution in [0.15, 0.2) is 12.3 Å². The molecule has 0 unspecified atom stereocenters. The lowest BCUT2D eigenvalue weighted by Crippen LogP contribution is -2.37. The summed E-state index contributed by atoms with van der Waals surface area (Å²) in [5.74, 6) is -0.113. The number of carbonyl (C=O) groups excluding carboxylic acids is 1. The van der Waals surface area contributed by atoms with Crippen LogP contribution in [0.25, 0.3) is 0 Å². The zero-order chi connectivity index (χ0) is 11.3. The molecular formula is C10H14N4O. The Balaban J connectivity index is 2.73. The molecule has 0 aliphatic rings. The first-order valence-corrected chi connectivity index (χ1v) is 4.84. The van der Waals surface area contributed by atoms with Gasteiger partial charge >= 0.3 is 0 Å². The van der Waals surface area contributed by atoms with Crippen molar-refractivity contribution in [1.82, 2.24) is 15.1 Å². The molecule has 0 saturated heterocycles. The lowest BCUT2D eigenvalue weighted by Gasteiger charge is -2.24. The highest BCUT2D eigenvalue weighted by Gasteiger charge is 2.18. The van der Waals surface area contributed by atoms with E-state index in [4.69, 9.17) is 5.26 Å². The van der Waals surface area contributed by atoms with E-state index in [0.717, 1.165) is 0 Å². The summed E-state index contributed by atoms with van der Waals surface area (Å²) in [6.45, 7) is 4.29. The van der Waals surface area contributed by atoms with Gasteiger partial charge in [0.25, 0.3) is 5.91 Å². The van der Waals surface area contributed by atoms with Crippen molar-refractivity contribution in [3.63, 3.8) is 0 Å². The third-order valence-corrected chi connectivity index (χ3v) is 2.08.